The number of hydrogen-bond acceptors (Lipinski definition) is 4. The molecule has 2 aromatic carbocycles. The Morgan fingerprint density at radius 2 is 1.89 bits per heavy atom. The van der Waals surface area contributed by atoms with Gasteiger partial charge in [-0.1, -0.05) is 37.5 Å². The fourth-order valence-corrected chi connectivity index (χ4v) is 5.46. The van der Waals surface area contributed by atoms with Crippen LogP contribution in [0.1, 0.15) is 89.3 Å². The van der Waals surface area contributed by atoms with Gasteiger partial charge in [0.15, 0.2) is 11.6 Å². The van der Waals surface area contributed by atoms with E-state index in [2.05, 4.69) is 52.3 Å². The number of benzene rings is 2. The molecule has 0 spiro atoms. The lowest BCUT2D eigenvalue weighted by molar-refractivity contribution is 0.0712. The van der Waals surface area contributed by atoms with Crippen LogP contribution in [0, 0.1) is 12.3 Å². The lowest BCUT2D eigenvalue weighted by atomic mass is 9.76. The predicted octanol–water partition coefficient (Wildman–Crippen LogP) is 5.45. The minimum atomic E-state index is 0.113. The van der Waals surface area contributed by atoms with Gasteiger partial charge in [-0.25, -0.2) is 4.98 Å². The number of aromatic amines is 1. The summed E-state index contributed by atoms with van der Waals surface area (Å²) >= 11 is 0. The quantitative estimate of drug-likeness (QED) is 0.455. The maximum Gasteiger partial charge on any atom is 0.254 e. The maximum absolute atomic E-state index is 13.8. The van der Waals surface area contributed by atoms with E-state index < -0.39 is 0 Å². The summed E-state index contributed by atoms with van der Waals surface area (Å²) in [5.41, 5.74) is 6.35. The topological polar surface area (TPSA) is 71.1 Å². The normalized spacial score (nSPS) is 16.5. The van der Waals surface area contributed by atoms with Crippen LogP contribution in [-0.4, -0.2) is 46.2 Å². The van der Waals surface area contributed by atoms with Gasteiger partial charge in [0.05, 0.1) is 0 Å². The van der Waals surface area contributed by atoms with Crippen LogP contribution in [0.15, 0.2) is 36.4 Å². The van der Waals surface area contributed by atoms with Gasteiger partial charge in [0.25, 0.3) is 5.91 Å². The second-order valence-electron chi connectivity index (χ2n) is 9.95. The number of amides is 1. The first-order valence-corrected chi connectivity index (χ1v) is 13.0. The molecule has 186 valence electrons. The number of nitrogens with zero attached hydrogens (tertiary/aromatic N) is 3. The zero-order valence-electron chi connectivity index (χ0n) is 21.2. The standard InChI is InChI=1S/C30H34N4O2/c1-4-20-9-11-22(12-10-20)23-13-15-34(16-14-23)30(35)26-18-27(29-31-28(19-36-3)32-33-29)25(17-21(26)5-2)24-7-6-8-24/h1,9-12,17-18,23-24H,5-8,13-16,19H2,2-3H3,(H,31,32,33). The highest BCUT2D eigenvalue weighted by Gasteiger charge is 2.30. The van der Waals surface area contributed by atoms with Crippen molar-refractivity contribution < 1.29 is 9.53 Å². The second kappa shape index (κ2) is 10.7. The fourth-order valence-electron chi connectivity index (χ4n) is 5.46. The highest BCUT2D eigenvalue weighted by atomic mass is 16.5. The molecular weight excluding hydrogens is 448 g/mol. The monoisotopic (exact) mass is 482 g/mol. The summed E-state index contributed by atoms with van der Waals surface area (Å²) in [7, 11) is 1.64. The minimum Gasteiger partial charge on any atom is -0.377 e. The van der Waals surface area contributed by atoms with Crippen LogP contribution in [0.2, 0.25) is 0 Å². The summed E-state index contributed by atoms with van der Waals surface area (Å²) in [5, 5.41) is 7.46. The molecule has 1 aliphatic heterocycles. The molecule has 1 amide bonds. The molecule has 1 saturated heterocycles. The second-order valence-corrected chi connectivity index (χ2v) is 9.95. The molecule has 1 saturated carbocycles. The first kappa shape index (κ1) is 24.3. The van der Waals surface area contributed by atoms with Crippen molar-refractivity contribution >= 4 is 5.91 Å². The van der Waals surface area contributed by atoms with Gasteiger partial charge in [0.1, 0.15) is 6.61 Å². The predicted molar refractivity (Wildman–Crippen MR) is 141 cm³/mol. The van der Waals surface area contributed by atoms with Crippen LogP contribution in [0.5, 0.6) is 0 Å². The van der Waals surface area contributed by atoms with Crippen molar-refractivity contribution in [1.29, 1.82) is 0 Å². The van der Waals surface area contributed by atoms with E-state index >= 15 is 0 Å². The van der Waals surface area contributed by atoms with Crippen LogP contribution in [0.3, 0.4) is 0 Å². The number of carbonyl (C=O) groups is 1. The average Bonchev–Trinajstić information content (AvgIpc) is 3.36. The summed E-state index contributed by atoms with van der Waals surface area (Å²) in [5.74, 6) is 5.10. The van der Waals surface area contributed by atoms with Crippen molar-refractivity contribution in [2.45, 2.75) is 63.9 Å². The molecule has 6 nitrogen and oxygen atoms in total. The Morgan fingerprint density at radius 1 is 1.14 bits per heavy atom. The van der Waals surface area contributed by atoms with Gasteiger partial charge in [0, 0.05) is 36.9 Å². The molecular formula is C30H34N4O2. The third kappa shape index (κ3) is 4.81. The number of likely N-dealkylation sites (tertiary alicyclic amines) is 1. The van der Waals surface area contributed by atoms with Crippen LogP contribution >= 0.6 is 0 Å². The average molecular weight is 483 g/mol. The smallest absolute Gasteiger partial charge is 0.254 e. The van der Waals surface area contributed by atoms with E-state index in [9.17, 15) is 4.79 Å². The number of piperidine rings is 1. The molecule has 0 bridgehead atoms. The molecule has 5 rings (SSSR count). The van der Waals surface area contributed by atoms with E-state index in [-0.39, 0.29) is 5.91 Å². The number of carbonyl (C=O) groups excluding carboxylic acids is 1. The van der Waals surface area contributed by atoms with Crippen LogP contribution in [-0.2, 0) is 17.8 Å². The molecule has 1 N–H and O–H groups in total. The summed E-state index contributed by atoms with van der Waals surface area (Å²) in [6.07, 6.45) is 11.8. The molecule has 0 unspecified atom stereocenters. The lowest BCUT2D eigenvalue weighted by Gasteiger charge is -2.33. The number of H-pyrrole nitrogens is 1. The van der Waals surface area contributed by atoms with E-state index in [0.29, 0.717) is 30.1 Å². The Bertz CT molecular complexity index is 1260. The number of methoxy groups -OCH3 is 1. The third-order valence-corrected chi connectivity index (χ3v) is 7.82. The third-order valence-electron chi connectivity index (χ3n) is 7.82. The molecule has 2 fully saturated rings. The number of aryl methyl sites for hydroxylation is 1. The van der Waals surface area contributed by atoms with Gasteiger partial charge >= 0.3 is 0 Å². The molecule has 2 heterocycles. The summed E-state index contributed by atoms with van der Waals surface area (Å²) in [6, 6.07) is 12.6. The van der Waals surface area contributed by atoms with Gasteiger partial charge < -0.3 is 9.64 Å². The van der Waals surface area contributed by atoms with E-state index in [1.165, 1.54) is 30.4 Å². The summed E-state index contributed by atoms with van der Waals surface area (Å²) in [4.78, 5) is 20.5. The SMILES string of the molecule is C#Cc1ccc(C2CCN(C(=O)c3cc(-c4n[nH]c(COC)n4)c(C4CCC4)cc3CC)CC2)cc1. The van der Waals surface area contributed by atoms with E-state index in [0.717, 1.165) is 54.6 Å². The van der Waals surface area contributed by atoms with Crippen molar-refractivity contribution in [3.63, 3.8) is 0 Å². The number of ether oxygens (including phenoxy) is 1. The van der Waals surface area contributed by atoms with Crippen LogP contribution < -0.4 is 0 Å². The molecule has 3 aromatic rings. The van der Waals surface area contributed by atoms with E-state index in [1.54, 1.807) is 7.11 Å². The first-order valence-electron chi connectivity index (χ1n) is 13.0. The van der Waals surface area contributed by atoms with Crippen LogP contribution in [0.25, 0.3) is 11.4 Å². The number of rotatable bonds is 7. The number of aromatic nitrogens is 3. The largest absolute Gasteiger partial charge is 0.377 e. The van der Waals surface area contributed by atoms with Crippen molar-refractivity contribution in [1.82, 2.24) is 20.1 Å². The molecule has 1 aromatic heterocycles. The zero-order valence-corrected chi connectivity index (χ0v) is 21.2. The number of terminal acetylenes is 1. The minimum absolute atomic E-state index is 0.113. The zero-order chi connectivity index (χ0) is 25.1. The Balaban J connectivity index is 1.39. The van der Waals surface area contributed by atoms with Crippen molar-refractivity contribution in [2.24, 2.45) is 0 Å². The summed E-state index contributed by atoms with van der Waals surface area (Å²) < 4.78 is 5.21. The van der Waals surface area contributed by atoms with E-state index in [4.69, 9.17) is 11.2 Å². The van der Waals surface area contributed by atoms with Gasteiger partial charge in [-0.15, -0.1) is 6.42 Å². The first-order chi connectivity index (χ1) is 17.6. The Morgan fingerprint density at radius 3 is 2.50 bits per heavy atom. The molecule has 2 aliphatic rings. The lowest BCUT2D eigenvalue weighted by Crippen LogP contribution is -2.38. The van der Waals surface area contributed by atoms with Crippen LogP contribution in [0.4, 0.5) is 0 Å². The van der Waals surface area contributed by atoms with Crippen molar-refractivity contribution in [2.75, 3.05) is 20.2 Å². The number of hydrogen-bond donors (Lipinski definition) is 1. The molecule has 6 heteroatoms. The Labute approximate surface area is 213 Å². The molecule has 36 heavy (non-hydrogen) atoms. The Kier molecular flexibility index (Phi) is 7.20. The molecule has 0 atom stereocenters. The summed E-state index contributed by atoms with van der Waals surface area (Å²) in [6.45, 7) is 4.01. The maximum atomic E-state index is 13.8. The van der Waals surface area contributed by atoms with Gasteiger partial charge in [-0.3, -0.25) is 9.89 Å². The highest BCUT2D eigenvalue weighted by Crippen LogP contribution is 2.42. The Hall–Kier alpha value is -3.43. The van der Waals surface area contributed by atoms with Gasteiger partial charge in [-0.05, 0) is 78.8 Å². The van der Waals surface area contributed by atoms with Crippen molar-refractivity contribution in [3.05, 3.63) is 70.0 Å². The highest BCUT2D eigenvalue weighted by molar-refractivity contribution is 5.97. The fraction of sp³-hybridized carbons (Fsp3) is 0.433. The number of nitrogens with one attached hydrogen (secondary N) is 1. The van der Waals surface area contributed by atoms with Gasteiger partial charge in [0.2, 0.25) is 0 Å². The van der Waals surface area contributed by atoms with E-state index in [1.807, 2.05) is 17.0 Å². The molecule has 1 aliphatic carbocycles. The van der Waals surface area contributed by atoms with Crippen molar-refractivity contribution in [3.8, 4) is 23.7 Å². The van der Waals surface area contributed by atoms with Gasteiger partial charge in [-0.2, -0.15) is 5.10 Å². The molecule has 0 radical (unpaired) electrons.